The highest BCUT2D eigenvalue weighted by Gasteiger charge is 2.16. The molecule has 0 aliphatic carbocycles. The smallest absolute Gasteiger partial charge is 0.311 e. The highest BCUT2D eigenvalue weighted by molar-refractivity contribution is 7.18. The van der Waals surface area contributed by atoms with Crippen LogP contribution >= 0.6 is 11.3 Å². The fourth-order valence-electron chi connectivity index (χ4n) is 2.29. The van der Waals surface area contributed by atoms with Crippen LogP contribution < -0.4 is 14.8 Å². The van der Waals surface area contributed by atoms with Gasteiger partial charge in [0.1, 0.15) is 10.8 Å². The summed E-state index contributed by atoms with van der Waals surface area (Å²) in [5.74, 6) is -0.103. The van der Waals surface area contributed by atoms with E-state index >= 15 is 0 Å². The fourth-order valence-corrected chi connectivity index (χ4v) is 3.05. The minimum Gasteiger partial charge on any atom is -0.490 e. The minimum atomic E-state index is -0.559. The van der Waals surface area contributed by atoms with Crippen molar-refractivity contribution in [3.8, 4) is 22.1 Å². The monoisotopic (exact) mass is 400 g/mol. The number of hydrogen-bond donors (Lipinski definition) is 1. The van der Waals surface area contributed by atoms with Crippen LogP contribution in [-0.2, 0) is 4.79 Å². The molecule has 28 heavy (non-hydrogen) atoms. The van der Waals surface area contributed by atoms with Crippen LogP contribution in [0.5, 0.6) is 11.5 Å². The molecule has 0 saturated carbocycles. The van der Waals surface area contributed by atoms with Gasteiger partial charge in [0, 0.05) is 17.7 Å². The number of nitro benzene ring substituents is 1. The third-order valence-corrected chi connectivity index (χ3v) is 4.58. The summed E-state index contributed by atoms with van der Waals surface area (Å²) in [6.07, 6.45) is 0. The molecule has 0 spiro atoms. The van der Waals surface area contributed by atoms with Crippen molar-refractivity contribution in [3.05, 3.63) is 58.1 Å². The summed E-state index contributed by atoms with van der Waals surface area (Å²) in [6, 6.07) is 11.8. The van der Waals surface area contributed by atoms with Gasteiger partial charge in [0.05, 0.1) is 12.0 Å². The molecule has 10 heteroatoms. The predicted molar refractivity (Wildman–Crippen MR) is 104 cm³/mol. The van der Waals surface area contributed by atoms with Gasteiger partial charge >= 0.3 is 5.69 Å². The molecule has 0 saturated heterocycles. The van der Waals surface area contributed by atoms with Crippen LogP contribution in [0.1, 0.15) is 5.56 Å². The van der Waals surface area contributed by atoms with Gasteiger partial charge in [0.25, 0.3) is 5.91 Å². The van der Waals surface area contributed by atoms with Gasteiger partial charge in [-0.3, -0.25) is 20.2 Å². The summed E-state index contributed by atoms with van der Waals surface area (Å²) < 4.78 is 10.3. The van der Waals surface area contributed by atoms with Crippen molar-refractivity contribution < 1.29 is 19.2 Å². The molecule has 1 heterocycles. The molecule has 3 rings (SSSR count). The zero-order valence-electron chi connectivity index (χ0n) is 15.0. The van der Waals surface area contributed by atoms with E-state index in [9.17, 15) is 14.9 Å². The minimum absolute atomic E-state index is 0.0507. The van der Waals surface area contributed by atoms with Crippen LogP contribution in [0.4, 0.5) is 10.8 Å². The van der Waals surface area contributed by atoms with Gasteiger partial charge in [-0.15, -0.1) is 10.2 Å². The van der Waals surface area contributed by atoms with E-state index in [-0.39, 0.29) is 23.8 Å². The van der Waals surface area contributed by atoms with Crippen LogP contribution in [0.3, 0.4) is 0 Å². The normalized spacial score (nSPS) is 10.4. The first-order valence-corrected chi connectivity index (χ1v) is 8.93. The topological polar surface area (TPSA) is 116 Å². The number of amides is 1. The fraction of sp³-hybridized carbons (Fsp3) is 0.167. The molecule has 144 valence electrons. The molecular formula is C18H16N4O5S. The van der Waals surface area contributed by atoms with Crippen molar-refractivity contribution >= 4 is 28.1 Å². The molecule has 0 atom stereocenters. The second kappa shape index (κ2) is 8.44. The molecule has 1 aromatic heterocycles. The van der Waals surface area contributed by atoms with E-state index in [0.717, 1.165) is 11.1 Å². The molecule has 0 fully saturated rings. The van der Waals surface area contributed by atoms with Crippen LogP contribution in [0.15, 0.2) is 42.5 Å². The molecule has 2 aromatic carbocycles. The second-order valence-electron chi connectivity index (χ2n) is 5.71. The number of ether oxygens (including phenoxy) is 2. The van der Waals surface area contributed by atoms with E-state index in [2.05, 4.69) is 15.5 Å². The van der Waals surface area contributed by atoms with Crippen LogP contribution in [0, 0.1) is 17.0 Å². The molecule has 0 bridgehead atoms. The van der Waals surface area contributed by atoms with E-state index in [0.29, 0.717) is 10.1 Å². The second-order valence-corrected chi connectivity index (χ2v) is 6.68. The molecular weight excluding hydrogens is 384 g/mol. The standard InChI is InChI=1S/C18H16N4O5S/c1-11-3-5-12(6-4-11)17-20-21-18(28-17)19-16(23)10-27-13-7-8-14(22(24)25)15(9-13)26-2/h3-9H,10H2,1-2H3,(H,19,21,23). The molecule has 1 N–H and O–H groups in total. The van der Waals surface area contributed by atoms with Gasteiger partial charge in [-0.05, 0) is 13.0 Å². The number of aromatic nitrogens is 2. The van der Waals surface area contributed by atoms with Crippen LogP contribution in [-0.4, -0.2) is 34.7 Å². The Morgan fingerprint density at radius 3 is 2.64 bits per heavy atom. The van der Waals surface area contributed by atoms with Gasteiger partial charge in [0.15, 0.2) is 6.61 Å². The average Bonchev–Trinajstić information content (AvgIpc) is 3.14. The van der Waals surface area contributed by atoms with Crippen molar-refractivity contribution in [2.75, 3.05) is 19.0 Å². The van der Waals surface area contributed by atoms with E-state index in [1.807, 2.05) is 31.2 Å². The SMILES string of the molecule is COc1cc(OCC(=O)Nc2nnc(-c3ccc(C)cc3)s2)ccc1[N+](=O)[O-]. The Labute approximate surface area is 164 Å². The predicted octanol–water partition coefficient (Wildman–Crippen LogP) is 3.45. The lowest BCUT2D eigenvalue weighted by atomic mass is 10.2. The number of carbonyl (C=O) groups excluding carboxylic acids is 1. The van der Waals surface area contributed by atoms with Crippen molar-refractivity contribution in [3.63, 3.8) is 0 Å². The number of anilines is 1. The quantitative estimate of drug-likeness (QED) is 0.477. The first kappa shape index (κ1) is 19.2. The zero-order chi connectivity index (χ0) is 20.1. The van der Waals surface area contributed by atoms with Gasteiger partial charge in [-0.25, -0.2) is 0 Å². The molecule has 9 nitrogen and oxygen atoms in total. The maximum Gasteiger partial charge on any atom is 0.311 e. The summed E-state index contributed by atoms with van der Waals surface area (Å²) >= 11 is 1.25. The molecule has 3 aromatic rings. The Bertz CT molecular complexity index is 1000. The van der Waals surface area contributed by atoms with Gasteiger partial charge < -0.3 is 9.47 Å². The Hall–Kier alpha value is -3.53. The van der Waals surface area contributed by atoms with Crippen LogP contribution in [0.25, 0.3) is 10.6 Å². The summed E-state index contributed by atoms with van der Waals surface area (Å²) in [4.78, 5) is 22.4. The highest BCUT2D eigenvalue weighted by atomic mass is 32.1. The van der Waals surface area contributed by atoms with Crippen molar-refractivity contribution in [1.29, 1.82) is 0 Å². The number of aryl methyl sites for hydroxylation is 1. The molecule has 0 aliphatic rings. The highest BCUT2D eigenvalue weighted by Crippen LogP contribution is 2.31. The van der Waals surface area contributed by atoms with Gasteiger partial charge in [-0.1, -0.05) is 41.2 Å². The number of benzene rings is 2. The lowest BCUT2D eigenvalue weighted by molar-refractivity contribution is -0.385. The number of rotatable bonds is 7. The maximum absolute atomic E-state index is 12.1. The number of nitro groups is 1. The molecule has 0 radical (unpaired) electrons. The maximum atomic E-state index is 12.1. The largest absolute Gasteiger partial charge is 0.490 e. The first-order valence-electron chi connectivity index (χ1n) is 8.12. The van der Waals surface area contributed by atoms with Crippen LogP contribution in [0.2, 0.25) is 0 Å². The Morgan fingerprint density at radius 1 is 1.21 bits per heavy atom. The van der Waals surface area contributed by atoms with Gasteiger partial charge in [0.2, 0.25) is 10.9 Å². The Morgan fingerprint density at radius 2 is 1.96 bits per heavy atom. The number of methoxy groups -OCH3 is 1. The first-order chi connectivity index (χ1) is 13.5. The number of nitrogens with one attached hydrogen (secondary N) is 1. The lowest BCUT2D eigenvalue weighted by Crippen LogP contribution is -2.20. The van der Waals surface area contributed by atoms with Crippen molar-refractivity contribution in [2.45, 2.75) is 6.92 Å². The van der Waals surface area contributed by atoms with Crippen molar-refractivity contribution in [2.24, 2.45) is 0 Å². The number of hydrogen-bond acceptors (Lipinski definition) is 8. The Balaban J connectivity index is 1.59. The zero-order valence-corrected chi connectivity index (χ0v) is 15.9. The third-order valence-electron chi connectivity index (χ3n) is 3.69. The Kier molecular flexibility index (Phi) is 5.80. The summed E-state index contributed by atoms with van der Waals surface area (Å²) in [7, 11) is 1.32. The lowest BCUT2D eigenvalue weighted by Gasteiger charge is -2.07. The molecule has 1 amide bonds. The number of nitrogens with zero attached hydrogens (tertiary/aromatic N) is 3. The van der Waals surface area contributed by atoms with E-state index in [4.69, 9.17) is 9.47 Å². The van der Waals surface area contributed by atoms with E-state index in [1.54, 1.807) is 0 Å². The van der Waals surface area contributed by atoms with Gasteiger partial charge in [-0.2, -0.15) is 0 Å². The number of carbonyl (C=O) groups is 1. The average molecular weight is 400 g/mol. The van der Waals surface area contributed by atoms with E-state index in [1.165, 1.54) is 36.6 Å². The summed E-state index contributed by atoms with van der Waals surface area (Å²) in [5.41, 5.74) is 1.87. The molecule has 0 aliphatic heterocycles. The van der Waals surface area contributed by atoms with E-state index < -0.39 is 10.8 Å². The van der Waals surface area contributed by atoms with Crippen molar-refractivity contribution in [1.82, 2.24) is 10.2 Å². The molecule has 0 unspecified atom stereocenters. The summed E-state index contributed by atoms with van der Waals surface area (Å²) in [5, 5.41) is 22.6. The summed E-state index contributed by atoms with van der Waals surface area (Å²) in [6.45, 7) is 1.70. The third kappa shape index (κ3) is 4.60.